The molecule has 0 saturated carbocycles. The molecule has 0 aliphatic rings. The maximum Gasteiger partial charge on any atom is 0.0555 e. The highest BCUT2D eigenvalue weighted by atomic mass is 14.7. The summed E-state index contributed by atoms with van der Waals surface area (Å²) in [5, 5.41) is 0. The Bertz CT molecular complexity index is 149. The number of aryl methyl sites for hydroxylation is 1. The van der Waals surface area contributed by atoms with E-state index in [-0.39, 0.29) is 0 Å². The summed E-state index contributed by atoms with van der Waals surface area (Å²) in [5.74, 6) is 0. The lowest BCUT2D eigenvalue weighted by Crippen LogP contribution is -1.77. The fourth-order valence-electron chi connectivity index (χ4n) is 0.374. The van der Waals surface area contributed by atoms with Crippen LogP contribution in [0.3, 0.4) is 0 Å². The molecule has 0 amide bonds. The summed E-state index contributed by atoms with van der Waals surface area (Å²) in [6.45, 7) is 10.2. The van der Waals surface area contributed by atoms with Crippen molar-refractivity contribution >= 4 is 0 Å². The average Bonchev–Trinajstić information content (AvgIpc) is 2.11. The Hall–Kier alpha value is -0.920. The van der Waals surface area contributed by atoms with E-state index in [0.29, 0.717) is 0 Å². The van der Waals surface area contributed by atoms with Gasteiger partial charge in [0, 0.05) is 18.6 Å². The quantitative estimate of drug-likeness (QED) is 0.594. The fourth-order valence-corrected chi connectivity index (χ4v) is 0.374. The molecule has 0 aliphatic heterocycles. The third-order valence-corrected chi connectivity index (χ3v) is 0.692. The highest BCUT2D eigenvalue weighted by molar-refractivity contribution is 4.88. The zero-order valence-electron chi connectivity index (χ0n) is 8.83. The minimum absolute atomic E-state index is 0.961. The van der Waals surface area contributed by atoms with Crippen molar-refractivity contribution in [3.05, 3.63) is 24.3 Å². The summed E-state index contributed by atoms with van der Waals surface area (Å²) in [4.78, 5) is 7.74. The van der Waals surface area contributed by atoms with Gasteiger partial charge in [0.15, 0.2) is 0 Å². The first-order valence-corrected chi connectivity index (χ1v) is 4.53. The Labute approximate surface area is 76.1 Å². The summed E-state index contributed by atoms with van der Waals surface area (Å²) in [6.07, 6.45) is 6.31. The van der Waals surface area contributed by atoms with Gasteiger partial charge in [-0.05, 0) is 6.92 Å². The Morgan fingerprint density at radius 2 is 1.67 bits per heavy atom. The largest absolute Gasteiger partial charge is 0.261 e. The van der Waals surface area contributed by atoms with Gasteiger partial charge in [-0.15, -0.1) is 0 Å². The maximum absolute atomic E-state index is 3.92. The second-order valence-electron chi connectivity index (χ2n) is 2.05. The number of hydrogen-bond acceptors (Lipinski definition) is 2. The standard InChI is InChI=1S/C5H6N2.C3H8.C2H6/c1-5-4-6-2-3-7-5;1-3-2;1-2/h2-4H,1H3;3H2,1-2H3;1-2H3. The van der Waals surface area contributed by atoms with Crippen LogP contribution in [0.15, 0.2) is 18.6 Å². The van der Waals surface area contributed by atoms with Gasteiger partial charge < -0.3 is 0 Å². The molecule has 0 N–H and O–H groups in total. The highest BCUT2D eigenvalue weighted by Crippen LogP contribution is 1.81. The molecule has 1 heterocycles. The lowest BCUT2D eigenvalue weighted by molar-refractivity contribution is 1.09. The van der Waals surface area contributed by atoms with E-state index in [0.717, 1.165) is 5.69 Å². The van der Waals surface area contributed by atoms with Crippen molar-refractivity contribution in [2.24, 2.45) is 0 Å². The van der Waals surface area contributed by atoms with Crippen LogP contribution in [-0.2, 0) is 0 Å². The first-order valence-electron chi connectivity index (χ1n) is 4.53. The van der Waals surface area contributed by atoms with Crippen LogP contribution in [-0.4, -0.2) is 9.97 Å². The Morgan fingerprint density at radius 3 is 1.83 bits per heavy atom. The molecule has 70 valence electrons. The SMILES string of the molecule is CC.CCC.Cc1cnccn1. The average molecular weight is 168 g/mol. The van der Waals surface area contributed by atoms with Gasteiger partial charge in [-0.25, -0.2) is 0 Å². The molecule has 0 radical (unpaired) electrons. The van der Waals surface area contributed by atoms with Crippen LogP contribution in [0.25, 0.3) is 0 Å². The van der Waals surface area contributed by atoms with Crippen molar-refractivity contribution in [1.82, 2.24) is 9.97 Å². The molecule has 0 unspecified atom stereocenters. The predicted molar refractivity (Wildman–Crippen MR) is 54.1 cm³/mol. The summed E-state index contributed by atoms with van der Waals surface area (Å²) >= 11 is 0. The predicted octanol–water partition coefficient (Wildman–Crippen LogP) is 3.23. The normalized spacial score (nSPS) is 7.08. The van der Waals surface area contributed by atoms with E-state index in [2.05, 4.69) is 23.8 Å². The third-order valence-electron chi connectivity index (χ3n) is 0.692. The van der Waals surface area contributed by atoms with Crippen molar-refractivity contribution < 1.29 is 0 Å². The van der Waals surface area contributed by atoms with E-state index < -0.39 is 0 Å². The first kappa shape index (κ1) is 13.7. The summed E-state index contributed by atoms with van der Waals surface area (Å²) in [7, 11) is 0. The summed E-state index contributed by atoms with van der Waals surface area (Å²) in [5.41, 5.74) is 0.961. The lowest BCUT2D eigenvalue weighted by Gasteiger charge is -1.81. The summed E-state index contributed by atoms with van der Waals surface area (Å²) in [6, 6.07) is 0. The molecule has 0 spiro atoms. The smallest absolute Gasteiger partial charge is 0.0555 e. The van der Waals surface area contributed by atoms with Gasteiger partial charge in [-0.2, -0.15) is 0 Å². The van der Waals surface area contributed by atoms with Crippen LogP contribution < -0.4 is 0 Å². The summed E-state index contributed by atoms with van der Waals surface area (Å²) < 4.78 is 0. The second kappa shape index (κ2) is 12.7. The van der Waals surface area contributed by atoms with E-state index in [4.69, 9.17) is 0 Å². The lowest BCUT2D eigenvalue weighted by atomic mass is 10.5. The molecule has 0 bridgehead atoms. The van der Waals surface area contributed by atoms with E-state index in [1.807, 2.05) is 20.8 Å². The van der Waals surface area contributed by atoms with E-state index in [1.165, 1.54) is 6.42 Å². The van der Waals surface area contributed by atoms with Gasteiger partial charge in [-0.1, -0.05) is 34.1 Å². The Morgan fingerprint density at radius 1 is 1.17 bits per heavy atom. The molecule has 0 atom stereocenters. The van der Waals surface area contributed by atoms with Gasteiger partial charge in [0.1, 0.15) is 0 Å². The Balaban J connectivity index is 0. The topological polar surface area (TPSA) is 25.8 Å². The number of aromatic nitrogens is 2. The van der Waals surface area contributed by atoms with Gasteiger partial charge in [0.25, 0.3) is 0 Å². The molecular weight excluding hydrogens is 148 g/mol. The Kier molecular flexibility index (Phi) is 14.5. The minimum Gasteiger partial charge on any atom is -0.261 e. The van der Waals surface area contributed by atoms with Gasteiger partial charge >= 0.3 is 0 Å². The first-order chi connectivity index (χ1) is 5.81. The van der Waals surface area contributed by atoms with Crippen molar-refractivity contribution in [3.63, 3.8) is 0 Å². The molecule has 1 rings (SSSR count). The van der Waals surface area contributed by atoms with E-state index >= 15 is 0 Å². The van der Waals surface area contributed by atoms with Gasteiger partial charge in [-0.3, -0.25) is 9.97 Å². The number of rotatable bonds is 0. The van der Waals surface area contributed by atoms with E-state index in [9.17, 15) is 0 Å². The molecule has 0 fully saturated rings. The van der Waals surface area contributed by atoms with Crippen molar-refractivity contribution in [2.75, 3.05) is 0 Å². The van der Waals surface area contributed by atoms with Crippen LogP contribution in [0.4, 0.5) is 0 Å². The molecular formula is C10H20N2. The molecule has 12 heavy (non-hydrogen) atoms. The van der Waals surface area contributed by atoms with Crippen molar-refractivity contribution in [1.29, 1.82) is 0 Å². The highest BCUT2D eigenvalue weighted by Gasteiger charge is 1.74. The van der Waals surface area contributed by atoms with Crippen LogP contribution in [0.2, 0.25) is 0 Å². The number of hydrogen-bond donors (Lipinski definition) is 0. The second-order valence-corrected chi connectivity index (χ2v) is 2.05. The van der Waals surface area contributed by atoms with Gasteiger partial charge in [0.05, 0.1) is 5.69 Å². The van der Waals surface area contributed by atoms with Crippen molar-refractivity contribution in [3.8, 4) is 0 Å². The number of nitrogens with zero attached hydrogens (tertiary/aromatic N) is 2. The molecule has 2 nitrogen and oxygen atoms in total. The molecule has 1 aromatic heterocycles. The molecule has 0 aromatic carbocycles. The zero-order chi connectivity index (χ0) is 9.82. The maximum atomic E-state index is 3.92. The van der Waals surface area contributed by atoms with Crippen molar-refractivity contribution in [2.45, 2.75) is 41.0 Å². The molecule has 0 aliphatic carbocycles. The van der Waals surface area contributed by atoms with E-state index in [1.54, 1.807) is 18.6 Å². The van der Waals surface area contributed by atoms with Crippen LogP contribution in [0, 0.1) is 6.92 Å². The van der Waals surface area contributed by atoms with Crippen LogP contribution >= 0.6 is 0 Å². The minimum atomic E-state index is 0.961. The molecule has 0 saturated heterocycles. The molecule has 1 aromatic rings. The fraction of sp³-hybridized carbons (Fsp3) is 0.600. The molecule has 2 heteroatoms. The van der Waals surface area contributed by atoms with Gasteiger partial charge in [0.2, 0.25) is 0 Å². The van der Waals surface area contributed by atoms with Crippen LogP contribution in [0.5, 0.6) is 0 Å². The third kappa shape index (κ3) is 11.8. The zero-order valence-corrected chi connectivity index (χ0v) is 8.83. The monoisotopic (exact) mass is 168 g/mol. The van der Waals surface area contributed by atoms with Crippen LogP contribution in [0.1, 0.15) is 39.8 Å².